The largest absolute Gasteiger partial charge is 0.355 e. The van der Waals surface area contributed by atoms with Crippen LogP contribution in [0.25, 0.3) is 0 Å². The molecule has 0 atom stereocenters. The first-order valence-corrected chi connectivity index (χ1v) is 12.1. The molecule has 0 aromatic heterocycles. The maximum absolute atomic E-state index is 12.6. The lowest BCUT2D eigenvalue weighted by Crippen LogP contribution is -2.58. The molecule has 4 fully saturated rings. The second-order valence-corrected chi connectivity index (χ2v) is 10.8. The lowest BCUT2D eigenvalue weighted by atomic mass is 9.44. The van der Waals surface area contributed by atoms with Gasteiger partial charge in [0.15, 0.2) is 0 Å². The molecule has 2 amide bonds. The second-order valence-electron chi connectivity index (χ2n) is 10.8. The van der Waals surface area contributed by atoms with Crippen LogP contribution in [0.2, 0.25) is 0 Å². The van der Waals surface area contributed by atoms with Crippen molar-refractivity contribution in [2.75, 3.05) is 13.1 Å². The summed E-state index contributed by atoms with van der Waals surface area (Å²) in [6, 6.07) is 19.9. The molecule has 4 aliphatic carbocycles. The summed E-state index contributed by atoms with van der Waals surface area (Å²) in [6.07, 6.45) is 8.28. The molecule has 4 bridgehead atoms. The Bertz CT molecular complexity index is 866. The van der Waals surface area contributed by atoms with E-state index in [4.69, 9.17) is 0 Å². The van der Waals surface area contributed by atoms with Crippen LogP contribution in [-0.4, -0.2) is 24.9 Å². The van der Waals surface area contributed by atoms with Gasteiger partial charge in [-0.2, -0.15) is 0 Å². The predicted octanol–water partition coefficient (Wildman–Crippen LogP) is 4.29. The average Bonchev–Trinajstić information content (AvgIpc) is 2.77. The van der Waals surface area contributed by atoms with Crippen LogP contribution < -0.4 is 10.6 Å². The monoisotopic (exact) mass is 430 g/mol. The van der Waals surface area contributed by atoms with Gasteiger partial charge in [0, 0.05) is 13.1 Å². The molecule has 6 rings (SSSR count). The number of nitrogens with one attached hydrogen (secondary N) is 2. The molecule has 2 aromatic rings. The number of amides is 2. The van der Waals surface area contributed by atoms with Crippen LogP contribution in [0.5, 0.6) is 0 Å². The first-order valence-electron chi connectivity index (χ1n) is 12.1. The molecule has 0 radical (unpaired) electrons. The summed E-state index contributed by atoms with van der Waals surface area (Å²) in [5.74, 6) is 1.73. The first-order chi connectivity index (χ1) is 15.5. The van der Waals surface area contributed by atoms with E-state index < -0.39 is 0 Å². The summed E-state index contributed by atoms with van der Waals surface area (Å²) >= 11 is 0. The van der Waals surface area contributed by atoms with E-state index in [1.165, 1.54) is 32.1 Å². The van der Waals surface area contributed by atoms with Crippen molar-refractivity contribution < 1.29 is 9.59 Å². The van der Waals surface area contributed by atoms with Gasteiger partial charge in [-0.3, -0.25) is 9.59 Å². The molecule has 0 aliphatic heterocycles. The lowest BCUT2D eigenvalue weighted by Gasteiger charge is -2.62. The van der Waals surface area contributed by atoms with E-state index in [1.807, 2.05) is 60.7 Å². The van der Waals surface area contributed by atoms with Crippen LogP contribution in [0.3, 0.4) is 0 Å². The molecule has 32 heavy (non-hydrogen) atoms. The normalized spacial score (nSPS) is 30.1. The van der Waals surface area contributed by atoms with E-state index in [0.29, 0.717) is 12.8 Å². The second kappa shape index (κ2) is 8.73. The van der Waals surface area contributed by atoms with Gasteiger partial charge in [-0.05, 0) is 72.3 Å². The van der Waals surface area contributed by atoms with Crippen molar-refractivity contribution in [2.45, 2.75) is 51.4 Å². The molecule has 2 N–H and O–H groups in total. The number of hydrogen-bond acceptors (Lipinski definition) is 2. The van der Waals surface area contributed by atoms with Crippen molar-refractivity contribution in [2.24, 2.45) is 22.7 Å². The zero-order valence-electron chi connectivity index (χ0n) is 18.8. The Hall–Kier alpha value is -2.62. The minimum Gasteiger partial charge on any atom is -0.355 e. The summed E-state index contributed by atoms with van der Waals surface area (Å²) in [5, 5.41) is 6.55. The molecular weight excluding hydrogens is 396 g/mol. The zero-order valence-corrected chi connectivity index (χ0v) is 18.8. The van der Waals surface area contributed by atoms with E-state index in [2.05, 4.69) is 10.6 Å². The van der Waals surface area contributed by atoms with Gasteiger partial charge < -0.3 is 10.6 Å². The fourth-order valence-corrected chi connectivity index (χ4v) is 7.32. The highest BCUT2D eigenvalue weighted by Crippen LogP contribution is 2.64. The number of rotatable bonds is 8. The molecular formula is C28H34N2O2. The van der Waals surface area contributed by atoms with Crippen molar-refractivity contribution in [3.05, 3.63) is 71.8 Å². The van der Waals surface area contributed by atoms with E-state index in [-0.39, 0.29) is 22.6 Å². The van der Waals surface area contributed by atoms with Crippen LogP contribution in [0.15, 0.2) is 60.7 Å². The third-order valence-electron chi connectivity index (χ3n) is 8.04. The van der Waals surface area contributed by atoms with Gasteiger partial charge in [-0.25, -0.2) is 0 Å². The van der Waals surface area contributed by atoms with Gasteiger partial charge >= 0.3 is 0 Å². The average molecular weight is 431 g/mol. The van der Waals surface area contributed by atoms with Crippen LogP contribution in [0, 0.1) is 22.7 Å². The van der Waals surface area contributed by atoms with Crippen LogP contribution >= 0.6 is 0 Å². The highest BCUT2D eigenvalue weighted by molar-refractivity contribution is 5.79. The molecule has 4 saturated carbocycles. The van der Waals surface area contributed by atoms with E-state index >= 15 is 0 Å². The first kappa shape index (κ1) is 21.2. The maximum atomic E-state index is 12.6. The Morgan fingerprint density at radius 1 is 0.688 bits per heavy atom. The summed E-state index contributed by atoms with van der Waals surface area (Å²) in [5.41, 5.74) is 2.54. The van der Waals surface area contributed by atoms with Gasteiger partial charge in [0.25, 0.3) is 0 Å². The third-order valence-corrected chi connectivity index (χ3v) is 8.04. The summed E-state index contributed by atoms with van der Waals surface area (Å²) < 4.78 is 0. The Balaban J connectivity index is 1.19. The quantitative estimate of drug-likeness (QED) is 0.656. The van der Waals surface area contributed by atoms with Gasteiger partial charge in [-0.15, -0.1) is 0 Å². The van der Waals surface area contributed by atoms with Crippen molar-refractivity contribution in [3.63, 3.8) is 0 Å². The van der Waals surface area contributed by atoms with Crippen molar-refractivity contribution in [1.29, 1.82) is 0 Å². The third kappa shape index (κ3) is 4.74. The summed E-state index contributed by atoms with van der Waals surface area (Å²) in [7, 11) is 0. The molecule has 168 valence electrons. The Morgan fingerprint density at radius 3 is 1.50 bits per heavy atom. The van der Waals surface area contributed by atoms with Gasteiger partial charge in [-0.1, -0.05) is 60.7 Å². The van der Waals surface area contributed by atoms with Gasteiger partial charge in [0.05, 0.1) is 12.8 Å². The maximum Gasteiger partial charge on any atom is 0.224 e. The predicted molar refractivity (Wildman–Crippen MR) is 126 cm³/mol. The standard InChI is InChI=1S/C28H34N2O2/c31-25(12-21-7-3-1-4-8-21)29-19-27-14-23-11-24(15-27)17-28(16-23,18-27)20-30-26(32)13-22-9-5-2-6-10-22/h1-10,23-24H,11-20H2,(H,29,31)(H,30,32). The Labute approximate surface area is 191 Å². The molecule has 4 heteroatoms. The molecule has 0 heterocycles. The molecule has 2 aromatic carbocycles. The van der Waals surface area contributed by atoms with Crippen LogP contribution in [-0.2, 0) is 22.4 Å². The SMILES string of the molecule is O=C(Cc1ccccc1)NCC12CC3CC(C1)CC(CNC(=O)Cc1ccccc1)(C3)C2. The minimum absolute atomic E-state index is 0.122. The fourth-order valence-electron chi connectivity index (χ4n) is 7.32. The number of hydrogen-bond donors (Lipinski definition) is 2. The zero-order chi connectivity index (χ0) is 22.0. The smallest absolute Gasteiger partial charge is 0.224 e. The molecule has 0 unspecified atom stereocenters. The van der Waals surface area contributed by atoms with Crippen LogP contribution in [0.1, 0.15) is 49.7 Å². The van der Waals surface area contributed by atoms with Crippen LogP contribution in [0.4, 0.5) is 0 Å². The highest BCUT2D eigenvalue weighted by atomic mass is 16.2. The Morgan fingerprint density at radius 2 is 1.09 bits per heavy atom. The van der Waals surface area contributed by atoms with Gasteiger partial charge in [0.1, 0.15) is 0 Å². The van der Waals surface area contributed by atoms with Crippen molar-refractivity contribution in [3.8, 4) is 0 Å². The summed E-state index contributed by atoms with van der Waals surface area (Å²) in [6.45, 7) is 1.57. The lowest BCUT2D eigenvalue weighted by molar-refractivity contribution is -0.130. The number of carbonyl (C=O) groups excluding carboxylic acids is 2. The Kier molecular flexibility index (Phi) is 5.79. The van der Waals surface area contributed by atoms with E-state index in [9.17, 15) is 9.59 Å². The van der Waals surface area contributed by atoms with Crippen molar-refractivity contribution in [1.82, 2.24) is 10.6 Å². The molecule has 4 nitrogen and oxygen atoms in total. The highest BCUT2D eigenvalue weighted by Gasteiger charge is 2.57. The van der Waals surface area contributed by atoms with Gasteiger partial charge in [0.2, 0.25) is 11.8 Å². The van der Waals surface area contributed by atoms with E-state index in [1.54, 1.807) is 0 Å². The number of benzene rings is 2. The topological polar surface area (TPSA) is 58.2 Å². The van der Waals surface area contributed by atoms with E-state index in [0.717, 1.165) is 42.5 Å². The fraction of sp³-hybridized carbons (Fsp3) is 0.500. The van der Waals surface area contributed by atoms with Crippen molar-refractivity contribution >= 4 is 11.8 Å². The minimum atomic E-state index is 0.122. The number of carbonyl (C=O) groups is 2. The summed E-state index contributed by atoms with van der Waals surface area (Å²) in [4.78, 5) is 25.2. The molecule has 0 spiro atoms. The molecule has 0 saturated heterocycles. The molecule has 4 aliphatic rings.